The van der Waals surface area contributed by atoms with Gasteiger partial charge >= 0.3 is 6.09 Å². The van der Waals surface area contributed by atoms with Crippen LogP contribution in [0.1, 0.15) is 36.3 Å². The molecule has 0 aromatic heterocycles. The lowest BCUT2D eigenvalue weighted by atomic mass is 9.98. The minimum absolute atomic E-state index is 0.00794. The van der Waals surface area contributed by atoms with E-state index < -0.39 is 12.4 Å². The summed E-state index contributed by atoms with van der Waals surface area (Å²) in [6.07, 6.45) is 3.66. The molecule has 5 rings (SSSR count). The molecule has 7 nitrogen and oxygen atoms in total. The number of fused-ring (bicyclic) bond motifs is 3. The van der Waals surface area contributed by atoms with Crippen molar-refractivity contribution < 1.29 is 23.9 Å². The predicted molar refractivity (Wildman–Crippen MR) is 118 cm³/mol. The van der Waals surface area contributed by atoms with E-state index in [0.29, 0.717) is 18.7 Å². The normalized spacial score (nSPS) is 19.8. The van der Waals surface area contributed by atoms with Crippen LogP contribution in [-0.2, 0) is 19.1 Å². The molecule has 1 fully saturated rings. The Bertz CT molecular complexity index is 999. The Morgan fingerprint density at radius 2 is 1.75 bits per heavy atom. The first-order valence-electron chi connectivity index (χ1n) is 11.1. The zero-order valence-corrected chi connectivity index (χ0v) is 17.8. The van der Waals surface area contributed by atoms with E-state index in [2.05, 4.69) is 29.7 Å². The van der Waals surface area contributed by atoms with Crippen LogP contribution in [0.25, 0.3) is 11.1 Å². The maximum Gasteiger partial charge on any atom is 0.410 e. The fourth-order valence-corrected chi connectivity index (χ4v) is 4.53. The van der Waals surface area contributed by atoms with Crippen LogP contribution < -0.4 is 5.48 Å². The predicted octanol–water partition coefficient (Wildman–Crippen LogP) is 3.75. The number of hydrogen-bond donors (Lipinski definition) is 1. The molecule has 1 unspecified atom stereocenters. The van der Waals surface area contributed by atoms with E-state index in [0.717, 1.165) is 19.3 Å². The molecule has 32 heavy (non-hydrogen) atoms. The van der Waals surface area contributed by atoms with Crippen molar-refractivity contribution >= 4 is 12.0 Å². The van der Waals surface area contributed by atoms with Crippen molar-refractivity contribution in [1.29, 1.82) is 0 Å². The molecule has 3 aliphatic rings. The number of hydrogen-bond acceptors (Lipinski definition) is 5. The number of carbonyl (C=O) groups is 2. The van der Waals surface area contributed by atoms with Crippen molar-refractivity contribution in [2.24, 2.45) is 0 Å². The van der Waals surface area contributed by atoms with Gasteiger partial charge in [-0.3, -0.25) is 9.69 Å². The Balaban J connectivity index is 1.14. The summed E-state index contributed by atoms with van der Waals surface area (Å²) < 4.78 is 11.1. The standard InChI is InChI=1S/C25H26N2O5/c28-24(26-32-23-11-5-6-14-30-23)17-12-13-27(15-17)25(29)31-16-22-20-9-3-1-7-18(20)19-8-2-4-10-21(19)22/h1-4,7-10,12,22-23H,5-6,11,13-16H2,(H,26,28). The van der Waals surface area contributed by atoms with Crippen molar-refractivity contribution in [2.75, 3.05) is 26.3 Å². The van der Waals surface area contributed by atoms with E-state index in [1.807, 2.05) is 24.3 Å². The molecule has 2 aromatic carbocycles. The topological polar surface area (TPSA) is 77.1 Å². The minimum Gasteiger partial charge on any atom is -0.448 e. The lowest BCUT2D eigenvalue weighted by Crippen LogP contribution is -2.36. The first-order valence-corrected chi connectivity index (χ1v) is 11.1. The molecule has 166 valence electrons. The smallest absolute Gasteiger partial charge is 0.410 e. The van der Waals surface area contributed by atoms with Crippen LogP contribution in [0.3, 0.4) is 0 Å². The van der Waals surface area contributed by atoms with Gasteiger partial charge in [0.15, 0.2) is 6.29 Å². The molecule has 7 heteroatoms. The maximum absolute atomic E-state index is 12.7. The summed E-state index contributed by atoms with van der Waals surface area (Å²) in [6, 6.07) is 16.4. The molecular weight excluding hydrogens is 408 g/mol. The fraction of sp³-hybridized carbons (Fsp3) is 0.360. The van der Waals surface area contributed by atoms with Gasteiger partial charge in [0.2, 0.25) is 0 Å². The summed E-state index contributed by atoms with van der Waals surface area (Å²) in [5.74, 6) is -0.346. The molecule has 1 atom stereocenters. The number of nitrogens with one attached hydrogen (secondary N) is 1. The van der Waals surface area contributed by atoms with Gasteiger partial charge in [-0.05, 0) is 35.1 Å². The second-order valence-electron chi connectivity index (χ2n) is 8.26. The van der Waals surface area contributed by atoms with Crippen LogP contribution in [0.4, 0.5) is 4.79 Å². The van der Waals surface area contributed by atoms with Crippen molar-refractivity contribution in [1.82, 2.24) is 10.4 Å². The summed E-state index contributed by atoms with van der Waals surface area (Å²) in [5.41, 5.74) is 7.64. The Morgan fingerprint density at radius 3 is 2.44 bits per heavy atom. The van der Waals surface area contributed by atoms with E-state index in [-0.39, 0.29) is 25.0 Å². The number of nitrogens with zero attached hydrogens (tertiary/aromatic N) is 1. The largest absolute Gasteiger partial charge is 0.448 e. The summed E-state index contributed by atoms with van der Waals surface area (Å²) in [7, 11) is 0. The highest BCUT2D eigenvalue weighted by atomic mass is 16.8. The van der Waals surface area contributed by atoms with E-state index >= 15 is 0 Å². The Kier molecular flexibility index (Phi) is 5.92. The van der Waals surface area contributed by atoms with Crippen molar-refractivity contribution in [3.8, 4) is 11.1 Å². The molecule has 2 aromatic rings. The summed E-state index contributed by atoms with van der Waals surface area (Å²) in [6.45, 7) is 1.42. The van der Waals surface area contributed by atoms with Gasteiger partial charge in [0.05, 0.1) is 6.54 Å². The van der Waals surface area contributed by atoms with Crippen molar-refractivity contribution in [2.45, 2.75) is 31.5 Å². The first kappa shape index (κ1) is 20.7. The molecule has 0 saturated carbocycles. The van der Waals surface area contributed by atoms with Gasteiger partial charge in [-0.15, -0.1) is 0 Å². The average Bonchev–Trinajstić information content (AvgIpc) is 3.46. The lowest BCUT2D eigenvalue weighted by Gasteiger charge is -2.22. The van der Waals surface area contributed by atoms with Crippen LogP contribution in [0.5, 0.6) is 0 Å². The van der Waals surface area contributed by atoms with Gasteiger partial charge in [0.25, 0.3) is 5.91 Å². The Labute approximate surface area is 186 Å². The third-order valence-electron chi connectivity index (χ3n) is 6.23. The maximum atomic E-state index is 12.7. The molecule has 0 radical (unpaired) electrons. The highest BCUT2D eigenvalue weighted by Crippen LogP contribution is 2.44. The SMILES string of the molecule is O=C(NOC1CCCCO1)C1=CCN(C(=O)OCC2c3ccccc3-c3ccccc32)C1. The van der Waals surface area contributed by atoms with Crippen LogP contribution in [0.15, 0.2) is 60.2 Å². The first-order chi connectivity index (χ1) is 15.7. The number of carbonyl (C=O) groups excluding carboxylic acids is 2. The van der Waals surface area contributed by atoms with Crippen LogP contribution in [0, 0.1) is 0 Å². The van der Waals surface area contributed by atoms with Gasteiger partial charge < -0.3 is 9.47 Å². The van der Waals surface area contributed by atoms with Gasteiger partial charge in [0, 0.05) is 31.1 Å². The molecule has 1 saturated heterocycles. The zero-order valence-electron chi connectivity index (χ0n) is 17.8. The number of amides is 2. The van der Waals surface area contributed by atoms with Crippen molar-refractivity contribution in [3.63, 3.8) is 0 Å². The Hall–Kier alpha value is -3.16. The zero-order chi connectivity index (χ0) is 21.9. The second kappa shape index (κ2) is 9.14. The summed E-state index contributed by atoms with van der Waals surface area (Å²) >= 11 is 0. The van der Waals surface area contributed by atoms with Gasteiger partial charge in [0.1, 0.15) is 6.61 Å². The van der Waals surface area contributed by atoms with Crippen LogP contribution in [0.2, 0.25) is 0 Å². The molecule has 2 heterocycles. The Morgan fingerprint density at radius 1 is 1.03 bits per heavy atom. The molecule has 0 bridgehead atoms. The summed E-state index contributed by atoms with van der Waals surface area (Å²) in [5, 5.41) is 0. The monoisotopic (exact) mass is 434 g/mol. The number of ether oxygens (including phenoxy) is 2. The van der Waals surface area contributed by atoms with Gasteiger partial charge in [-0.25, -0.2) is 15.1 Å². The quantitative estimate of drug-likeness (QED) is 0.726. The van der Waals surface area contributed by atoms with E-state index in [4.69, 9.17) is 14.3 Å². The van der Waals surface area contributed by atoms with Gasteiger partial charge in [-0.2, -0.15) is 0 Å². The van der Waals surface area contributed by atoms with E-state index in [1.54, 1.807) is 6.08 Å². The molecule has 2 amide bonds. The second-order valence-corrected chi connectivity index (χ2v) is 8.26. The fourth-order valence-electron chi connectivity index (χ4n) is 4.53. The van der Waals surface area contributed by atoms with E-state index in [9.17, 15) is 9.59 Å². The molecule has 2 aliphatic heterocycles. The third kappa shape index (κ3) is 4.13. The minimum atomic E-state index is -0.428. The number of hydroxylamine groups is 1. The van der Waals surface area contributed by atoms with E-state index in [1.165, 1.54) is 27.2 Å². The van der Waals surface area contributed by atoms with Crippen molar-refractivity contribution in [3.05, 3.63) is 71.3 Å². The molecule has 0 spiro atoms. The lowest BCUT2D eigenvalue weighted by molar-refractivity contribution is -0.198. The molecule has 1 N–H and O–H groups in total. The number of benzene rings is 2. The molecular formula is C25H26N2O5. The van der Waals surface area contributed by atoms with Crippen LogP contribution >= 0.6 is 0 Å². The molecule has 1 aliphatic carbocycles. The average molecular weight is 434 g/mol. The van der Waals surface area contributed by atoms with Gasteiger partial charge in [-0.1, -0.05) is 54.6 Å². The summed E-state index contributed by atoms with van der Waals surface area (Å²) in [4.78, 5) is 31.9. The van der Waals surface area contributed by atoms with Crippen LogP contribution in [-0.4, -0.2) is 49.5 Å². The third-order valence-corrected chi connectivity index (χ3v) is 6.23. The highest BCUT2D eigenvalue weighted by molar-refractivity contribution is 5.94. The number of rotatable bonds is 5. The highest BCUT2D eigenvalue weighted by Gasteiger charge is 2.31.